The van der Waals surface area contributed by atoms with Crippen LogP contribution in [0.15, 0.2) is 48.5 Å². The number of hydrogen-bond acceptors (Lipinski definition) is 4. The summed E-state index contributed by atoms with van der Waals surface area (Å²) in [6.07, 6.45) is -4.22. The number of carbonyl (C=O) groups is 3. The first-order valence-corrected chi connectivity index (χ1v) is 9.98. The molecule has 168 valence electrons. The Bertz CT molecular complexity index is 1090. The molecular formula is C22H20F3N3O4. The zero-order valence-corrected chi connectivity index (χ0v) is 17.1. The molecule has 0 bridgehead atoms. The van der Waals surface area contributed by atoms with Crippen LogP contribution in [0.4, 0.5) is 24.5 Å². The van der Waals surface area contributed by atoms with E-state index < -0.39 is 23.7 Å². The third-order valence-corrected chi connectivity index (χ3v) is 5.66. The zero-order chi connectivity index (χ0) is 23.1. The first-order chi connectivity index (χ1) is 15.1. The van der Waals surface area contributed by atoms with Gasteiger partial charge in [0.25, 0.3) is 5.91 Å². The predicted octanol–water partition coefficient (Wildman–Crippen LogP) is 3.91. The Morgan fingerprint density at radius 3 is 2.66 bits per heavy atom. The van der Waals surface area contributed by atoms with Gasteiger partial charge in [0.05, 0.1) is 11.3 Å². The number of nitrogens with one attached hydrogen (secondary N) is 1. The van der Waals surface area contributed by atoms with Gasteiger partial charge >= 0.3 is 6.36 Å². The summed E-state index contributed by atoms with van der Waals surface area (Å²) in [5.41, 5.74) is 0.196. The fourth-order valence-corrected chi connectivity index (χ4v) is 4.25. The van der Waals surface area contributed by atoms with E-state index in [1.54, 1.807) is 36.1 Å². The molecule has 32 heavy (non-hydrogen) atoms. The predicted molar refractivity (Wildman–Crippen MR) is 109 cm³/mol. The molecular weight excluding hydrogens is 427 g/mol. The molecule has 0 aromatic heterocycles. The number of fused-ring (bicyclic) bond motifs is 3. The number of carbonyl (C=O) groups excluding carboxylic acids is 3. The lowest BCUT2D eigenvalue weighted by atomic mass is 9.98. The van der Waals surface area contributed by atoms with Crippen molar-refractivity contribution in [2.75, 3.05) is 16.8 Å². The molecule has 3 amide bonds. The summed E-state index contributed by atoms with van der Waals surface area (Å²) < 4.78 is 41.1. The molecule has 10 heteroatoms. The average molecular weight is 447 g/mol. The quantitative estimate of drug-likeness (QED) is 0.754. The lowest BCUT2D eigenvalue weighted by Gasteiger charge is -2.48. The van der Waals surface area contributed by atoms with Crippen LogP contribution in [0.25, 0.3) is 0 Å². The number of anilines is 2. The molecule has 2 aromatic rings. The SMILES string of the molecule is CC12CCC(=O)N1c1ccccc1C(=O)N2CCC(=O)Nc1cccc(OC(F)(F)F)c1. The van der Waals surface area contributed by atoms with E-state index in [4.69, 9.17) is 0 Å². The first-order valence-electron chi connectivity index (χ1n) is 9.98. The van der Waals surface area contributed by atoms with Crippen molar-refractivity contribution in [3.05, 3.63) is 54.1 Å². The van der Waals surface area contributed by atoms with Crippen LogP contribution in [0.3, 0.4) is 0 Å². The minimum Gasteiger partial charge on any atom is -0.406 e. The molecule has 1 fully saturated rings. The van der Waals surface area contributed by atoms with Gasteiger partial charge in [-0.2, -0.15) is 0 Å². The van der Waals surface area contributed by atoms with E-state index in [1.165, 1.54) is 17.0 Å². The fraction of sp³-hybridized carbons (Fsp3) is 0.318. The van der Waals surface area contributed by atoms with Crippen LogP contribution in [0, 0.1) is 0 Å². The highest BCUT2D eigenvalue weighted by molar-refractivity contribution is 6.10. The number of hydrogen-bond donors (Lipinski definition) is 1. The summed E-state index contributed by atoms with van der Waals surface area (Å²) in [4.78, 5) is 41.3. The minimum absolute atomic E-state index is 0.0397. The summed E-state index contributed by atoms with van der Waals surface area (Å²) in [7, 11) is 0. The molecule has 1 N–H and O–H groups in total. The number of nitrogens with zero attached hydrogens (tertiary/aromatic N) is 2. The van der Waals surface area contributed by atoms with Crippen molar-refractivity contribution in [1.29, 1.82) is 0 Å². The maximum atomic E-state index is 13.2. The second-order valence-electron chi connectivity index (χ2n) is 7.79. The molecule has 1 unspecified atom stereocenters. The number of amides is 3. The number of ether oxygens (including phenoxy) is 1. The van der Waals surface area contributed by atoms with E-state index in [1.807, 2.05) is 0 Å². The largest absolute Gasteiger partial charge is 0.573 e. The van der Waals surface area contributed by atoms with Crippen molar-refractivity contribution in [2.45, 2.75) is 38.2 Å². The second kappa shape index (κ2) is 7.85. The third kappa shape index (κ3) is 4.00. The first kappa shape index (κ1) is 21.7. The van der Waals surface area contributed by atoms with Crippen LogP contribution in [0.2, 0.25) is 0 Å². The third-order valence-electron chi connectivity index (χ3n) is 5.66. The summed E-state index contributed by atoms with van der Waals surface area (Å²) >= 11 is 0. The molecule has 0 spiro atoms. The van der Waals surface area contributed by atoms with Gasteiger partial charge in [0.1, 0.15) is 11.4 Å². The van der Waals surface area contributed by atoms with E-state index >= 15 is 0 Å². The second-order valence-corrected chi connectivity index (χ2v) is 7.79. The average Bonchev–Trinajstić information content (AvgIpc) is 3.02. The molecule has 0 radical (unpaired) electrons. The summed E-state index contributed by atoms with van der Waals surface area (Å²) in [6.45, 7) is 1.83. The number of halogens is 3. The maximum absolute atomic E-state index is 13.2. The van der Waals surface area contributed by atoms with Crippen LogP contribution in [-0.4, -0.2) is 41.2 Å². The van der Waals surface area contributed by atoms with E-state index in [2.05, 4.69) is 10.1 Å². The number of rotatable bonds is 5. The van der Waals surface area contributed by atoms with Gasteiger partial charge in [0.15, 0.2) is 0 Å². The molecule has 2 heterocycles. The van der Waals surface area contributed by atoms with Crippen molar-refractivity contribution in [2.24, 2.45) is 0 Å². The van der Waals surface area contributed by atoms with E-state index in [0.717, 1.165) is 12.1 Å². The summed E-state index contributed by atoms with van der Waals surface area (Å²) in [5.74, 6) is -1.31. The molecule has 7 nitrogen and oxygen atoms in total. The molecule has 2 aliphatic heterocycles. The standard InChI is InChI=1S/C22H20F3N3O4/c1-21-11-9-19(30)28(21)17-8-3-2-7-16(17)20(31)27(21)12-10-18(29)26-14-5-4-6-15(13-14)32-22(23,24)25/h2-8,13H,9-12H2,1H3,(H,26,29). The van der Waals surface area contributed by atoms with E-state index in [-0.39, 0.29) is 36.9 Å². The van der Waals surface area contributed by atoms with E-state index in [9.17, 15) is 27.6 Å². The Kier molecular flexibility index (Phi) is 5.31. The smallest absolute Gasteiger partial charge is 0.406 e. The van der Waals surface area contributed by atoms with Gasteiger partial charge in [-0.3, -0.25) is 19.3 Å². The molecule has 0 aliphatic carbocycles. The van der Waals surface area contributed by atoms with Gasteiger partial charge in [0.2, 0.25) is 11.8 Å². The molecule has 1 atom stereocenters. The summed E-state index contributed by atoms with van der Waals surface area (Å²) in [6, 6.07) is 11.8. The molecule has 2 aromatic carbocycles. The lowest BCUT2D eigenvalue weighted by molar-refractivity contribution is -0.274. The van der Waals surface area contributed by atoms with Gasteiger partial charge in [-0.05, 0) is 37.6 Å². The van der Waals surface area contributed by atoms with Crippen LogP contribution in [-0.2, 0) is 9.59 Å². The highest BCUT2D eigenvalue weighted by Crippen LogP contribution is 2.44. The van der Waals surface area contributed by atoms with Gasteiger partial charge in [0, 0.05) is 31.1 Å². The zero-order valence-electron chi connectivity index (χ0n) is 17.1. The molecule has 0 saturated carbocycles. The normalized spacial score (nSPS) is 20.1. The minimum atomic E-state index is -4.84. The monoisotopic (exact) mass is 447 g/mol. The Balaban J connectivity index is 1.48. The van der Waals surface area contributed by atoms with Crippen molar-refractivity contribution in [1.82, 2.24) is 4.90 Å². The van der Waals surface area contributed by atoms with Crippen LogP contribution in [0.1, 0.15) is 36.5 Å². The number of para-hydroxylation sites is 1. The topological polar surface area (TPSA) is 79.0 Å². The van der Waals surface area contributed by atoms with Gasteiger partial charge in [-0.1, -0.05) is 18.2 Å². The Labute approximate surface area is 181 Å². The highest BCUT2D eigenvalue weighted by Gasteiger charge is 2.52. The lowest BCUT2D eigenvalue weighted by Crippen LogP contribution is -2.62. The summed E-state index contributed by atoms with van der Waals surface area (Å²) in [5, 5.41) is 2.52. The van der Waals surface area contributed by atoms with Crippen molar-refractivity contribution >= 4 is 29.1 Å². The van der Waals surface area contributed by atoms with Crippen molar-refractivity contribution in [3.8, 4) is 5.75 Å². The maximum Gasteiger partial charge on any atom is 0.573 e. The molecule has 2 aliphatic rings. The molecule has 1 saturated heterocycles. The Hall–Kier alpha value is -3.56. The van der Waals surface area contributed by atoms with Crippen molar-refractivity contribution in [3.63, 3.8) is 0 Å². The van der Waals surface area contributed by atoms with Gasteiger partial charge in [-0.25, -0.2) is 0 Å². The highest BCUT2D eigenvalue weighted by atomic mass is 19.4. The Morgan fingerprint density at radius 1 is 1.16 bits per heavy atom. The number of alkyl halides is 3. The van der Waals surface area contributed by atoms with Crippen LogP contribution in [0.5, 0.6) is 5.75 Å². The Morgan fingerprint density at radius 2 is 1.91 bits per heavy atom. The van der Waals surface area contributed by atoms with E-state index in [0.29, 0.717) is 17.7 Å². The fourth-order valence-electron chi connectivity index (χ4n) is 4.25. The van der Waals surface area contributed by atoms with Gasteiger partial charge in [-0.15, -0.1) is 13.2 Å². The van der Waals surface area contributed by atoms with Crippen LogP contribution >= 0.6 is 0 Å². The van der Waals surface area contributed by atoms with Crippen LogP contribution < -0.4 is 15.0 Å². The number of benzene rings is 2. The molecule has 4 rings (SSSR count). The van der Waals surface area contributed by atoms with Crippen molar-refractivity contribution < 1.29 is 32.3 Å². The van der Waals surface area contributed by atoms with Gasteiger partial charge < -0.3 is 15.0 Å².